The molecular weight excluding hydrogens is 117 g/mol. The fourth-order valence-corrected chi connectivity index (χ4v) is 1.40. The van der Waals surface area contributed by atoms with Crippen LogP contribution >= 0.6 is 0 Å². The number of rotatable bonds is 2. The zero-order chi connectivity index (χ0) is 6.69. The number of hydrogen-bond acceptors (Lipinski definition) is 1. The first-order valence-corrected chi connectivity index (χ1v) is 3.70. The van der Waals surface area contributed by atoms with E-state index in [4.69, 9.17) is 0 Å². The highest BCUT2D eigenvalue weighted by atomic mass is 19.1. The second kappa shape index (κ2) is 3.16. The summed E-state index contributed by atoms with van der Waals surface area (Å²) in [6, 6.07) is 0.463. The third-order valence-corrected chi connectivity index (χ3v) is 1.86. The van der Waals surface area contributed by atoms with E-state index in [1.165, 1.54) is 0 Å². The van der Waals surface area contributed by atoms with Crippen LogP contribution in [0.2, 0.25) is 0 Å². The Bertz CT molecular complexity index is 83.0. The second-order valence-electron chi connectivity index (χ2n) is 2.66. The van der Waals surface area contributed by atoms with E-state index in [0.717, 1.165) is 25.8 Å². The van der Waals surface area contributed by atoms with Crippen molar-refractivity contribution in [1.29, 1.82) is 0 Å². The van der Waals surface area contributed by atoms with E-state index in [0.29, 0.717) is 6.04 Å². The summed E-state index contributed by atoms with van der Waals surface area (Å²) in [5, 5.41) is 3.23. The molecule has 9 heavy (non-hydrogen) atoms. The van der Waals surface area contributed by atoms with Gasteiger partial charge in [-0.15, -0.1) is 0 Å². The van der Waals surface area contributed by atoms with Crippen LogP contribution in [0.1, 0.15) is 26.2 Å². The molecule has 2 unspecified atom stereocenters. The lowest BCUT2D eigenvalue weighted by Gasteiger charge is -2.07. The molecule has 0 spiro atoms. The molecule has 0 aromatic carbocycles. The first kappa shape index (κ1) is 7.00. The first-order chi connectivity index (χ1) is 4.33. The van der Waals surface area contributed by atoms with E-state index in [2.05, 4.69) is 12.2 Å². The van der Waals surface area contributed by atoms with Crippen molar-refractivity contribution in [2.24, 2.45) is 0 Å². The van der Waals surface area contributed by atoms with Gasteiger partial charge >= 0.3 is 0 Å². The van der Waals surface area contributed by atoms with Gasteiger partial charge in [-0.25, -0.2) is 4.39 Å². The van der Waals surface area contributed by atoms with E-state index in [9.17, 15) is 4.39 Å². The Balaban J connectivity index is 2.14. The number of nitrogens with one attached hydrogen (secondary N) is 1. The SMILES string of the molecule is CCNC1CCC(F)C1. The van der Waals surface area contributed by atoms with Gasteiger partial charge < -0.3 is 5.32 Å². The molecule has 1 N–H and O–H groups in total. The number of alkyl halides is 1. The fourth-order valence-electron chi connectivity index (χ4n) is 1.40. The van der Waals surface area contributed by atoms with Gasteiger partial charge in [-0.1, -0.05) is 6.92 Å². The molecule has 0 heterocycles. The number of hydrogen-bond donors (Lipinski definition) is 1. The molecule has 1 aliphatic carbocycles. The van der Waals surface area contributed by atoms with Crippen LogP contribution in [0.5, 0.6) is 0 Å². The van der Waals surface area contributed by atoms with Crippen LogP contribution in [0.15, 0.2) is 0 Å². The van der Waals surface area contributed by atoms with E-state index in [1.54, 1.807) is 0 Å². The molecular formula is C7H14FN. The van der Waals surface area contributed by atoms with Gasteiger partial charge in [0.2, 0.25) is 0 Å². The largest absolute Gasteiger partial charge is 0.314 e. The van der Waals surface area contributed by atoms with Gasteiger partial charge in [0.1, 0.15) is 6.17 Å². The molecule has 2 heteroatoms. The van der Waals surface area contributed by atoms with Crippen molar-refractivity contribution in [3.05, 3.63) is 0 Å². The third kappa shape index (κ3) is 1.94. The summed E-state index contributed by atoms with van der Waals surface area (Å²) in [7, 11) is 0. The molecule has 0 radical (unpaired) electrons. The van der Waals surface area contributed by atoms with Crippen LogP contribution in [0.25, 0.3) is 0 Å². The highest BCUT2D eigenvalue weighted by Crippen LogP contribution is 2.21. The van der Waals surface area contributed by atoms with Crippen molar-refractivity contribution in [2.45, 2.75) is 38.4 Å². The summed E-state index contributed by atoms with van der Waals surface area (Å²) in [6.45, 7) is 3.03. The molecule has 1 saturated carbocycles. The summed E-state index contributed by atoms with van der Waals surface area (Å²) in [4.78, 5) is 0. The van der Waals surface area contributed by atoms with Crippen molar-refractivity contribution in [3.63, 3.8) is 0 Å². The molecule has 0 aromatic rings. The van der Waals surface area contributed by atoms with Gasteiger partial charge in [0.05, 0.1) is 0 Å². The third-order valence-electron chi connectivity index (χ3n) is 1.86. The van der Waals surface area contributed by atoms with E-state index < -0.39 is 6.17 Å². The summed E-state index contributed by atoms with van der Waals surface area (Å²) in [6.07, 6.45) is 1.98. The molecule has 1 fully saturated rings. The van der Waals surface area contributed by atoms with Crippen molar-refractivity contribution in [3.8, 4) is 0 Å². The monoisotopic (exact) mass is 131 g/mol. The summed E-state index contributed by atoms with van der Waals surface area (Å²) >= 11 is 0. The van der Waals surface area contributed by atoms with E-state index in [1.807, 2.05) is 0 Å². The topological polar surface area (TPSA) is 12.0 Å². The predicted molar refractivity (Wildman–Crippen MR) is 36.2 cm³/mol. The van der Waals surface area contributed by atoms with Gasteiger partial charge in [0.15, 0.2) is 0 Å². The first-order valence-electron chi connectivity index (χ1n) is 3.70. The van der Waals surface area contributed by atoms with Gasteiger partial charge in [-0.2, -0.15) is 0 Å². The molecule has 0 aromatic heterocycles. The molecule has 1 aliphatic rings. The average molecular weight is 131 g/mol. The highest BCUT2D eigenvalue weighted by Gasteiger charge is 2.22. The molecule has 0 aliphatic heterocycles. The maximum atomic E-state index is 12.5. The average Bonchev–Trinajstić information content (AvgIpc) is 2.17. The molecule has 1 rings (SSSR count). The zero-order valence-corrected chi connectivity index (χ0v) is 5.86. The van der Waals surface area contributed by atoms with Crippen LogP contribution in [-0.4, -0.2) is 18.8 Å². The van der Waals surface area contributed by atoms with Gasteiger partial charge in [-0.3, -0.25) is 0 Å². The summed E-state index contributed by atoms with van der Waals surface area (Å²) in [5.41, 5.74) is 0. The van der Waals surface area contributed by atoms with Gasteiger partial charge in [0, 0.05) is 6.04 Å². The van der Waals surface area contributed by atoms with Crippen LogP contribution in [0.4, 0.5) is 4.39 Å². The highest BCUT2D eigenvalue weighted by molar-refractivity contribution is 4.79. The smallest absolute Gasteiger partial charge is 0.102 e. The van der Waals surface area contributed by atoms with Crippen LogP contribution < -0.4 is 5.32 Å². The molecule has 54 valence electrons. The Kier molecular flexibility index (Phi) is 2.46. The van der Waals surface area contributed by atoms with Gasteiger partial charge in [-0.05, 0) is 25.8 Å². The van der Waals surface area contributed by atoms with Crippen molar-refractivity contribution in [2.75, 3.05) is 6.54 Å². The maximum absolute atomic E-state index is 12.5. The van der Waals surface area contributed by atoms with Crippen LogP contribution in [0, 0.1) is 0 Å². The Morgan fingerprint density at radius 2 is 2.33 bits per heavy atom. The Hall–Kier alpha value is -0.110. The van der Waals surface area contributed by atoms with E-state index >= 15 is 0 Å². The minimum absolute atomic E-state index is 0.463. The van der Waals surface area contributed by atoms with Crippen molar-refractivity contribution in [1.82, 2.24) is 5.32 Å². The minimum Gasteiger partial charge on any atom is -0.314 e. The van der Waals surface area contributed by atoms with Crippen LogP contribution in [0.3, 0.4) is 0 Å². The normalized spacial score (nSPS) is 35.3. The fraction of sp³-hybridized carbons (Fsp3) is 1.00. The standard InChI is InChI=1S/C7H14FN/c1-2-9-7-4-3-6(8)5-7/h6-7,9H,2-5H2,1H3. The quantitative estimate of drug-likeness (QED) is 0.598. The molecule has 2 atom stereocenters. The molecule has 0 bridgehead atoms. The summed E-state index contributed by atoms with van der Waals surface area (Å²) < 4.78 is 12.5. The Morgan fingerprint density at radius 3 is 2.78 bits per heavy atom. The Morgan fingerprint density at radius 1 is 1.56 bits per heavy atom. The van der Waals surface area contributed by atoms with Crippen molar-refractivity contribution >= 4 is 0 Å². The predicted octanol–water partition coefficient (Wildman–Crippen LogP) is 1.49. The lowest BCUT2D eigenvalue weighted by atomic mass is 10.2. The van der Waals surface area contributed by atoms with Gasteiger partial charge in [0.25, 0.3) is 0 Å². The Labute approximate surface area is 55.6 Å². The van der Waals surface area contributed by atoms with Crippen molar-refractivity contribution < 1.29 is 4.39 Å². The number of halogens is 1. The minimum atomic E-state index is -0.533. The molecule has 0 saturated heterocycles. The lowest BCUT2D eigenvalue weighted by molar-refractivity contribution is 0.334. The molecule has 0 amide bonds. The van der Waals surface area contributed by atoms with Crippen LogP contribution in [-0.2, 0) is 0 Å². The maximum Gasteiger partial charge on any atom is 0.102 e. The van der Waals surface area contributed by atoms with E-state index in [-0.39, 0.29) is 0 Å². The zero-order valence-electron chi connectivity index (χ0n) is 5.86. The molecule has 1 nitrogen and oxygen atoms in total. The lowest BCUT2D eigenvalue weighted by Crippen LogP contribution is -2.25. The second-order valence-corrected chi connectivity index (χ2v) is 2.66. The summed E-state index contributed by atoms with van der Waals surface area (Å²) in [5.74, 6) is 0.